The predicted octanol–water partition coefficient (Wildman–Crippen LogP) is 3.65. The van der Waals surface area contributed by atoms with Gasteiger partial charge >= 0.3 is 0 Å². The summed E-state index contributed by atoms with van der Waals surface area (Å²) in [7, 11) is 3.60. The third kappa shape index (κ3) is 6.22. The number of benzene rings is 1. The standard InChI is InChI=1S/C20H30N6O2.HI/c1-5-28-18-12-16(10-11-17(18)27-4)23-20(22-15-8-6-7-9-15)21-13-19-25-24-14(2)26(19)3;/h10-12,15H,5-9,13H2,1-4H3,(H2,21,22,23);1H. The summed E-state index contributed by atoms with van der Waals surface area (Å²) in [6, 6.07) is 6.23. The second-order valence-electron chi connectivity index (χ2n) is 6.94. The van der Waals surface area contributed by atoms with Crippen LogP contribution in [0, 0.1) is 6.92 Å². The SMILES string of the molecule is CCOc1cc(NC(=NCc2nnc(C)n2C)NC2CCCC2)ccc1OC.I. The maximum Gasteiger partial charge on any atom is 0.196 e. The first-order chi connectivity index (χ1) is 13.6. The highest BCUT2D eigenvalue weighted by Crippen LogP contribution is 2.30. The highest BCUT2D eigenvalue weighted by molar-refractivity contribution is 14.0. The second kappa shape index (κ2) is 11.2. The van der Waals surface area contributed by atoms with Crippen LogP contribution in [-0.2, 0) is 13.6 Å². The largest absolute Gasteiger partial charge is 0.493 e. The normalized spacial score (nSPS) is 14.4. The molecule has 0 atom stereocenters. The van der Waals surface area contributed by atoms with E-state index in [1.54, 1.807) is 7.11 Å². The van der Waals surface area contributed by atoms with Gasteiger partial charge in [0.2, 0.25) is 0 Å². The van der Waals surface area contributed by atoms with Gasteiger partial charge in [-0.1, -0.05) is 12.8 Å². The van der Waals surface area contributed by atoms with Gasteiger partial charge in [-0.2, -0.15) is 0 Å². The lowest BCUT2D eigenvalue weighted by Gasteiger charge is -2.18. The van der Waals surface area contributed by atoms with Crippen molar-refractivity contribution in [2.24, 2.45) is 12.0 Å². The monoisotopic (exact) mass is 514 g/mol. The van der Waals surface area contributed by atoms with E-state index in [1.807, 2.05) is 43.7 Å². The zero-order valence-electron chi connectivity index (χ0n) is 17.6. The van der Waals surface area contributed by atoms with Crippen LogP contribution >= 0.6 is 24.0 Å². The van der Waals surface area contributed by atoms with Crippen LogP contribution in [0.15, 0.2) is 23.2 Å². The Labute approximate surface area is 189 Å². The van der Waals surface area contributed by atoms with Gasteiger partial charge in [-0.25, -0.2) is 4.99 Å². The molecule has 0 spiro atoms. The molecule has 0 saturated heterocycles. The molecule has 29 heavy (non-hydrogen) atoms. The number of ether oxygens (including phenoxy) is 2. The van der Waals surface area contributed by atoms with Gasteiger partial charge in [0.05, 0.1) is 13.7 Å². The Bertz CT molecular complexity index is 817. The number of aryl methyl sites for hydroxylation is 1. The molecular weight excluding hydrogens is 483 g/mol. The van der Waals surface area contributed by atoms with E-state index in [0.29, 0.717) is 30.7 Å². The molecule has 1 fully saturated rings. The summed E-state index contributed by atoms with van der Waals surface area (Å²) in [5.41, 5.74) is 0.891. The Morgan fingerprint density at radius 1 is 1.24 bits per heavy atom. The maximum absolute atomic E-state index is 5.68. The molecule has 9 heteroatoms. The van der Waals surface area contributed by atoms with Crippen LogP contribution in [0.5, 0.6) is 11.5 Å². The molecule has 1 heterocycles. The summed E-state index contributed by atoms with van der Waals surface area (Å²) >= 11 is 0. The zero-order chi connectivity index (χ0) is 19.9. The molecule has 3 rings (SSSR count). The molecule has 0 radical (unpaired) electrons. The molecule has 1 aliphatic carbocycles. The molecule has 0 unspecified atom stereocenters. The van der Waals surface area contributed by atoms with E-state index < -0.39 is 0 Å². The minimum absolute atomic E-state index is 0. The van der Waals surface area contributed by atoms with Gasteiger partial charge < -0.3 is 24.7 Å². The van der Waals surface area contributed by atoms with Crippen molar-refractivity contribution in [1.82, 2.24) is 20.1 Å². The number of aromatic nitrogens is 3. The molecule has 1 aromatic heterocycles. The Hall–Kier alpha value is -2.04. The highest BCUT2D eigenvalue weighted by atomic mass is 127. The van der Waals surface area contributed by atoms with Gasteiger partial charge in [0.15, 0.2) is 23.3 Å². The maximum atomic E-state index is 5.68. The van der Waals surface area contributed by atoms with E-state index in [4.69, 9.17) is 14.5 Å². The smallest absolute Gasteiger partial charge is 0.196 e. The van der Waals surface area contributed by atoms with Crippen LogP contribution in [0.3, 0.4) is 0 Å². The van der Waals surface area contributed by atoms with Gasteiger partial charge in [-0.05, 0) is 38.8 Å². The van der Waals surface area contributed by atoms with Crippen LogP contribution in [0.25, 0.3) is 0 Å². The van der Waals surface area contributed by atoms with Gasteiger partial charge in [0.1, 0.15) is 12.4 Å². The van der Waals surface area contributed by atoms with Gasteiger partial charge in [0, 0.05) is 24.8 Å². The number of anilines is 1. The molecular formula is C20H31IN6O2. The first-order valence-electron chi connectivity index (χ1n) is 9.84. The van der Waals surface area contributed by atoms with E-state index in [0.717, 1.165) is 36.1 Å². The number of guanidine groups is 1. The minimum Gasteiger partial charge on any atom is -0.493 e. The topological polar surface area (TPSA) is 85.6 Å². The van der Waals surface area contributed by atoms with Crippen LogP contribution in [0.4, 0.5) is 5.69 Å². The van der Waals surface area contributed by atoms with Gasteiger partial charge in [0.25, 0.3) is 0 Å². The number of aliphatic imine (C=N–C) groups is 1. The third-order valence-electron chi connectivity index (χ3n) is 4.98. The minimum atomic E-state index is 0. The fraction of sp³-hybridized carbons (Fsp3) is 0.550. The van der Waals surface area contributed by atoms with Crippen LogP contribution in [0.2, 0.25) is 0 Å². The Balaban J connectivity index is 0.00000300. The van der Waals surface area contributed by atoms with Crippen LogP contribution in [0.1, 0.15) is 44.3 Å². The molecule has 8 nitrogen and oxygen atoms in total. The molecule has 2 N–H and O–H groups in total. The summed E-state index contributed by atoms with van der Waals surface area (Å²) in [5, 5.41) is 15.3. The summed E-state index contributed by atoms with van der Waals surface area (Å²) in [6.07, 6.45) is 4.84. The van der Waals surface area contributed by atoms with E-state index >= 15 is 0 Å². The quantitative estimate of drug-likeness (QED) is 0.334. The lowest BCUT2D eigenvalue weighted by atomic mass is 10.2. The Kier molecular flexibility index (Phi) is 8.99. The lowest BCUT2D eigenvalue weighted by Crippen LogP contribution is -2.37. The number of nitrogens with one attached hydrogen (secondary N) is 2. The fourth-order valence-electron chi connectivity index (χ4n) is 3.28. The van der Waals surface area contributed by atoms with E-state index in [-0.39, 0.29) is 24.0 Å². The summed E-state index contributed by atoms with van der Waals surface area (Å²) in [4.78, 5) is 4.74. The van der Waals surface area contributed by atoms with Crippen molar-refractivity contribution in [3.8, 4) is 11.5 Å². The van der Waals surface area contributed by atoms with Crippen molar-refractivity contribution in [2.45, 2.75) is 52.1 Å². The van der Waals surface area contributed by atoms with E-state index in [9.17, 15) is 0 Å². The molecule has 2 aromatic rings. The van der Waals surface area contributed by atoms with Crippen LogP contribution < -0.4 is 20.1 Å². The van der Waals surface area contributed by atoms with Crippen molar-refractivity contribution in [3.63, 3.8) is 0 Å². The number of halogens is 1. The van der Waals surface area contributed by atoms with E-state index in [2.05, 4.69) is 20.8 Å². The number of hydrogen-bond donors (Lipinski definition) is 2. The third-order valence-corrected chi connectivity index (χ3v) is 4.98. The first kappa shape index (κ1) is 23.2. The summed E-state index contributed by atoms with van der Waals surface area (Å²) < 4.78 is 13.0. The predicted molar refractivity (Wildman–Crippen MR) is 125 cm³/mol. The van der Waals surface area contributed by atoms with Crippen molar-refractivity contribution >= 4 is 35.6 Å². The summed E-state index contributed by atoms with van der Waals surface area (Å²) in [5.74, 6) is 3.86. The highest BCUT2D eigenvalue weighted by Gasteiger charge is 2.17. The lowest BCUT2D eigenvalue weighted by molar-refractivity contribution is 0.311. The molecule has 1 aromatic carbocycles. The molecule has 0 aliphatic heterocycles. The average molecular weight is 514 g/mol. The van der Waals surface area contributed by atoms with Gasteiger partial charge in [-0.3, -0.25) is 0 Å². The van der Waals surface area contributed by atoms with Crippen molar-refractivity contribution in [1.29, 1.82) is 0 Å². The molecule has 0 amide bonds. The fourth-order valence-corrected chi connectivity index (χ4v) is 3.28. The zero-order valence-corrected chi connectivity index (χ0v) is 19.9. The second-order valence-corrected chi connectivity index (χ2v) is 6.94. The van der Waals surface area contributed by atoms with Gasteiger partial charge in [-0.15, -0.1) is 34.2 Å². The summed E-state index contributed by atoms with van der Waals surface area (Å²) in [6.45, 7) is 4.92. The Morgan fingerprint density at radius 3 is 2.62 bits per heavy atom. The van der Waals surface area contributed by atoms with Crippen molar-refractivity contribution in [2.75, 3.05) is 19.0 Å². The Morgan fingerprint density at radius 2 is 2.00 bits per heavy atom. The first-order valence-corrected chi connectivity index (χ1v) is 9.84. The number of nitrogens with zero attached hydrogens (tertiary/aromatic N) is 4. The number of hydrogen-bond acceptors (Lipinski definition) is 5. The van der Waals surface area contributed by atoms with E-state index in [1.165, 1.54) is 12.8 Å². The van der Waals surface area contributed by atoms with Crippen molar-refractivity contribution in [3.05, 3.63) is 29.8 Å². The molecule has 1 aliphatic rings. The van der Waals surface area contributed by atoms with Crippen LogP contribution in [-0.4, -0.2) is 40.5 Å². The molecule has 1 saturated carbocycles. The molecule has 160 valence electrons. The number of methoxy groups -OCH3 is 1. The average Bonchev–Trinajstić information content (AvgIpc) is 3.31. The number of rotatable bonds is 7. The molecule has 0 bridgehead atoms. The van der Waals surface area contributed by atoms with Crippen molar-refractivity contribution < 1.29 is 9.47 Å².